The number of nitrogens with one attached hydrogen (secondary N) is 1. The van der Waals surface area contributed by atoms with Crippen molar-refractivity contribution in [1.82, 2.24) is 5.32 Å². The Morgan fingerprint density at radius 2 is 1.71 bits per heavy atom. The Balaban J connectivity index is 0.000000887. The molecule has 0 fully saturated rings. The molecule has 0 aliphatic rings. The normalized spacial score (nSPS) is 10.8. The Kier molecular flexibility index (Phi) is 13.3. The van der Waals surface area contributed by atoms with Crippen molar-refractivity contribution in [3.63, 3.8) is 0 Å². The lowest BCUT2D eigenvalue weighted by molar-refractivity contribution is -0.870. The van der Waals surface area contributed by atoms with Crippen molar-refractivity contribution in [2.24, 2.45) is 0 Å². The van der Waals surface area contributed by atoms with Gasteiger partial charge >= 0.3 is 0 Å². The van der Waals surface area contributed by atoms with Crippen LogP contribution in [0.25, 0.3) is 0 Å². The number of aromatic hydroxyl groups is 1. The summed E-state index contributed by atoms with van der Waals surface area (Å²) in [4.78, 5) is 22.0. The lowest BCUT2D eigenvalue weighted by atomic mass is 10.1. The van der Waals surface area contributed by atoms with Crippen molar-refractivity contribution in [3.05, 3.63) is 28.8 Å². The van der Waals surface area contributed by atoms with Gasteiger partial charge in [0, 0.05) is 17.5 Å². The number of carbonyl (C=O) groups is 2. The Morgan fingerprint density at radius 3 is 2.25 bits per heavy atom. The fourth-order valence-corrected chi connectivity index (χ4v) is 2.38. The van der Waals surface area contributed by atoms with E-state index in [0.29, 0.717) is 18.0 Å². The molecule has 0 saturated carbocycles. The first-order chi connectivity index (χ1) is 13.1. The van der Waals surface area contributed by atoms with E-state index in [1.54, 1.807) is 0 Å². The summed E-state index contributed by atoms with van der Waals surface area (Å²) < 4.78 is 0.844. The number of hydrogen-bond donors (Lipinski definition) is 3. The number of benzene rings is 1. The van der Waals surface area contributed by atoms with Gasteiger partial charge in [0.1, 0.15) is 12.3 Å². The summed E-state index contributed by atoms with van der Waals surface area (Å²) in [7, 11) is 6.16. The van der Waals surface area contributed by atoms with Crippen LogP contribution < -0.4 is 10.4 Å². The molecule has 1 aromatic rings. The van der Waals surface area contributed by atoms with Crippen LogP contribution in [0, 0.1) is 0 Å². The predicted molar refractivity (Wildman–Crippen MR) is 108 cm³/mol. The number of halogens is 1. The van der Waals surface area contributed by atoms with Gasteiger partial charge in [0.2, 0.25) is 0 Å². The zero-order valence-corrected chi connectivity index (χ0v) is 17.8. The monoisotopic (exact) mass is 416 g/mol. The third-order valence-corrected chi connectivity index (χ3v) is 4.05. The lowest BCUT2D eigenvalue weighted by Crippen LogP contribution is -2.36. The highest BCUT2D eigenvalue weighted by Crippen LogP contribution is 2.21. The molecule has 7 nitrogen and oxygen atoms in total. The van der Waals surface area contributed by atoms with Crippen LogP contribution in [0.2, 0.25) is 5.02 Å². The van der Waals surface area contributed by atoms with E-state index in [9.17, 15) is 19.8 Å². The predicted octanol–water partition coefficient (Wildman–Crippen LogP) is 1.55. The van der Waals surface area contributed by atoms with E-state index in [1.807, 2.05) is 0 Å². The fraction of sp³-hybridized carbons (Fsp3) is 0.600. The maximum atomic E-state index is 11.8. The molecule has 0 radical (unpaired) electrons. The van der Waals surface area contributed by atoms with Gasteiger partial charge in [-0.2, -0.15) is 0 Å². The minimum atomic E-state index is -1.01. The number of phenols is 1. The number of phenolic OH excluding ortho intramolecular Hbond substituents is 1. The van der Waals surface area contributed by atoms with E-state index in [4.69, 9.17) is 16.7 Å². The largest absolute Gasteiger partial charge is 0.550 e. The van der Waals surface area contributed by atoms with E-state index in [-0.39, 0.29) is 30.2 Å². The molecule has 0 unspecified atom stereocenters. The minimum absolute atomic E-state index is 0.0980. The number of aliphatic hydroxyl groups is 1. The van der Waals surface area contributed by atoms with E-state index >= 15 is 0 Å². The molecule has 1 amide bonds. The second-order valence-electron chi connectivity index (χ2n) is 7.54. The highest BCUT2D eigenvalue weighted by atomic mass is 35.5. The Morgan fingerprint density at radius 1 is 1.11 bits per heavy atom. The van der Waals surface area contributed by atoms with Crippen LogP contribution in [0.15, 0.2) is 18.2 Å². The standard InChI is InChI=1S/C15H20ClNO4.C5H14NO/c16-11-7-8-13(18)12(10-11)15(21)17-9-5-3-1-2-4-6-14(19)20;1-6(2,3)4-5-7/h7-8,10,18H,1-6,9H2,(H,17,21)(H,19,20);7H,4-5H2,1-3H3/q;+1/p-1. The number of quaternary nitrogens is 1. The molecule has 0 heterocycles. The van der Waals surface area contributed by atoms with Gasteiger partial charge in [-0.3, -0.25) is 4.79 Å². The Labute approximate surface area is 172 Å². The van der Waals surface area contributed by atoms with E-state index in [1.165, 1.54) is 18.2 Å². The quantitative estimate of drug-likeness (QED) is 0.374. The van der Waals surface area contributed by atoms with Crippen molar-refractivity contribution < 1.29 is 29.4 Å². The first kappa shape index (κ1) is 26.2. The lowest BCUT2D eigenvalue weighted by Gasteiger charge is -2.21. The van der Waals surface area contributed by atoms with Gasteiger partial charge in [-0.25, -0.2) is 0 Å². The summed E-state index contributed by atoms with van der Waals surface area (Å²) in [6.45, 7) is 1.62. The number of nitrogens with zero attached hydrogens (tertiary/aromatic N) is 1. The second kappa shape index (κ2) is 14.2. The van der Waals surface area contributed by atoms with Gasteiger partial charge in [0.05, 0.1) is 33.3 Å². The molecular weight excluding hydrogens is 384 g/mol. The van der Waals surface area contributed by atoms with Crippen molar-refractivity contribution in [2.45, 2.75) is 38.5 Å². The molecule has 0 aromatic heterocycles. The maximum absolute atomic E-state index is 11.8. The van der Waals surface area contributed by atoms with Gasteiger partial charge in [-0.15, -0.1) is 0 Å². The zero-order valence-electron chi connectivity index (χ0n) is 17.0. The third kappa shape index (κ3) is 14.3. The minimum Gasteiger partial charge on any atom is -0.550 e. The molecule has 8 heteroatoms. The van der Waals surface area contributed by atoms with Gasteiger partial charge in [0.25, 0.3) is 5.91 Å². The number of aliphatic carboxylic acids is 1. The molecular formula is C20H33ClN2O5. The van der Waals surface area contributed by atoms with Crippen molar-refractivity contribution >= 4 is 23.5 Å². The number of carboxylic acid groups (broad SMARTS) is 1. The van der Waals surface area contributed by atoms with Crippen LogP contribution in [-0.4, -0.2) is 67.4 Å². The summed E-state index contributed by atoms with van der Waals surface area (Å²) >= 11 is 5.78. The average Bonchev–Trinajstić information content (AvgIpc) is 2.58. The molecule has 1 rings (SSSR count). The molecule has 0 bridgehead atoms. The number of carboxylic acids is 1. The van der Waals surface area contributed by atoms with Crippen LogP contribution in [0.3, 0.4) is 0 Å². The molecule has 0 atom stereocenters. The highest BCUT2D eigenvalue weighted by molar-refractivity contribution is 6.31. The molecule has 28 heavy (non-hydrogen) atoms. The van der Waals surface area contributed by atoms with Crippen molar-refractivity contribution in [1.29, 1.82) is 0 Å². The number of unbranched alkanes of at least 4 members (excludes halogenated alkanes) is 4. The Hall–Kier alpha value is -1.83. The summed E-state index contributed by atoms with van der Waals surface area (Å²) in [5, 5.41) is 31.3. The van der Waals surface area contributed by atoms with Crippen LogP contribution in [0.4, 0.5) is 0 Å². The Bertz CT molecular complexity index is 603. The summed E-state index contributed by atoms with van der Waals surface area (Å²) in [6.07, 6.45) is 4.21. The van der Waals surface area contributed by atoms with Gasteiger partial charge in [-0.1, -0.05) is 30.9 Å². The molecule has 160 valence electrons. The highest BCUT2D eigenvalue weighted by Gasteiger charge is 2.10. The molecule has 1 aromatic carbocycles. The third-order valence-electron chi connectivity index (χ3n) is 3.82. The number of likely N-dealkylation sites (N-methyl/N-ethyl adjacent to an activating group) is 1. The SMILES string of the molecule is C[N+](C)(C)CCO.O=C([O-])CCCCCCCNC(=O)c1cc(Cl)ccc1O. The van der Waals surface area contributed by atoms with E-state index < -0.39 is 5.97 Å². The maximum Gasteiger partial charge on any atom is 0.255 e. The number of carbonyl (C=O) groups excluding carboxylic acids is 2. The number of hydrogen-bond acceptors (Lipinski definition) is 5. The molecule has 0 spiro atoms. The number of rotatable bonds is 11. The summed E-state index contributed by atoms with van der Waals surface area (Å²) in [5.41, 5.74) is 0.163. The van der Waals surface area contributed by atoms with Crippen molar-refractivity contribution in [3.8, 4) is 5.75 Å². The molecule has 3 N–H and O–H groups in total. The zero-order chi connectivity index (χ0) is 21.6. The van der Waals surface area contributed by atoms with Crippen LogP contribution in [0.5, 0.6) is 5.75 Å². The summed E-state index contributed by atoms with van der Waals surface area (Å²) in [5.74, 6) is -1.46. The topological polar surface area (TPSA) is 110 Å². The number of aliphatic hydroxyl groups excluding tert-OH is 1. The van der Waals surface area contributed by atoms with Gasteiger partial charge < -0.3 is 29.9 Å². The first-order valence-electron chi connectivity index (χ1n) is 9.44. The molecule has 0 aliphatic carbocycles. The molecule has 0 saturated heterocycles. The average molecular weight is 417 g/mol. The van der Waals surface area contributed by atoms with E-state index in [2.05, 4.69) is 26.5 Å². The van der Waals surface area contributed by atoms with Crippen molar-refractivity contribution in [2.75, 3.05) is 40.8 Å². The second-order valence-corrected chi connectivity index (χ2v) is 7.98. The van der Waals surface area contributed by atoms with Crippen LogP contribution in [-0.2, 0) is 4.79 Å². The van der Waals surface area contributed by atoms with Crippen LogP contribution in [0.1, 0.15) is 48.9 Å². The van der Waals surface area contributed by atoms with E-state index in [0.717, 1.165) is 36.7 Å². The van der Waals surface area contributed by atoms with Gasteiger partial charge in [-0.05, 0) is 37.5 Å². The van der Waals surface area contributed by atoms with Crippen LogP contribution >= 0.6 is 11.6 Å². The fourth-order valence-electron chi connectivity index (χ4n) is 2.21. The van der Waals surface area contributed by atoms with Gasteiger partial charge in [0.15, 0.2) is 0 Å². The number of amides is 1. The molecule has 0 aliphatic heterocycles. The summed E-state index contributed by atoms with van der Waals surface area (Å²) in [6, 6.07) is 4.32. The smallest absolute Gasteiger partial charge is 0.255 e. The first-order valence-corrected chi connectivity index (χ1v) is 9.82.